The van der Waals surface area contributed by atoms with Crippen LogP contribution in [0.1, 0.15) is 55.3 Å². The Morgan fingerprint density at radius 3 is 2.52 bits per heavy atom. The Bertz CT molecular complexity index is 725. The molecule has 2 N–H and O–H groups in total. The quantitative estimate of drug-likeness (QED) is 0.539. The summed E-state index contributed by atoms with van der Waals surface area (Å²) >= 11 is 0. The van der Waals surface area contributed by atoms with E-state index >= 15 is 0 Å². The number of non-ortho nitro benzene ring substituents is 1. The van der Waals surface area contributed by atoms with E-state index in [0.29, 0.717) is 0 Å². The molecule has 1 saturated carbocycles. The predicted molar refractivity (Wildman–Crippen MR) is 110 cm³/mol. The zero-order valence-corrected chi connectivity index (χ0v) is 16.8. The Morgan fingerprint density at radius 1 is 1.10 bits per heavy atom. The lowest BCUT2D eigenvalue weighted by Gasteiger charge is -2.35. The number of carbonyl (C=O) groups excluding carboxylic acids is 2. The first-order valence-corrected chi connectivity index (χ1v) is 10.6. The molecule has 2 amide bonds. The summed E-state index contributed by atoms with van der Waals surface area (Å²) in [5.74, 6) is 0.111. The van der Waals surface area contributed by atoms with Crippen LogP contribution in [0.2, 0.25) is 0 Å². The van der Waals surface area contributed by atoms with Crippen molar-refractivity contribution < 1.29 is 14.5 Å². The minimum Gasteiger partial charge on any atom is -0.352 e. The number of carbonyl (C=O) groups is 2. The van der Waals surface area contributed by atoms with Crippen molar-refractivity contribution in [2.24, 2.45) is 5.92 Å². The molecule has 158 valence electrons. The Labute approximate surface area is 171 Å². The molecule has 3 rings (SSSR count). The highest BCUT2D eigenvalue weighted by Crippen LogP contribution is 2.25. The van der Waals surface area contributed by atoms with Crippen LogP contribution in [-0.2, 0) is 4.79 Å². The number of likely N-dealkylation sites (tertiary alicyclic amines) is 1. The van der Waals surface area contributed by atoms with Gasteiger partial charge in [-0.15, -0.1) is 0 Å². The second-order valence-corrected chi connectivity index (χ2v) is 8.14. The van der Waals surface area contributed by atoms with Crippen molar-refractivity contribution in [2.75, 3.05) is 26.2 Å². The number of hydrogen-bond donors (Lipinski definition) is 2. The van der Waals surface area contributed by atoms with E-state index in [0.717, 1.165) is 31.8 Å². The van der Waals surface area contributed by atoms with E-state index in [4.69, 9.17) is 0 Å². The van der Waals surface area contributed by atoms with Crippen LogP contribution < -0.4 is 10.6 Å². The number of nitrogens with zero attached hydrogens (tertiary/aromatic N) is 2. The SMILES string of the molecule is O=C(CNC(=O)c1cccc([N+](=O)[O-])c1)NC1CCN(CC2CCCCC2)CC1. The zero-order chi connectivity index (χ0) is 20.6. The van der Waals surface area contributed by atoms with Crippen LogP contribution >= 0.6 is 0 Å². The van der Waals surface area contributed by atoms with Gasteiger partial charge in [-0.3, -0.25) is 19.7 Å². The maximum absolute atomic E-state index is 12.2. The third-order valence-electron chi connectivity index (χ3n) is 5.92. The van der Waals surface area contributed by atoms with Crippen molar-refractivity contribution >= 4 is 17.5 Å². The molecular weight excluding hydrogens is 372 g/mol. The molecule has 2 fully saturated rings. The molecule has 1 aromatic rings. The van der Waals surface area contributed by atoms with Crippen LogP contribution in [0.5, 0.6) is 0 Å². The summed E-state index contributed by atoms with van der Waals surface area (Å²) in [7, 11) is 0. The van der Waals surface area contributed by atoms with E-state index in [1.165, 1.54) is 62.9 Å². The molecule has 1 aromatic carbocycles. The Hall–Kier alpha value is -2.48. The molecule has 1 aliphatic heterocycles. The average molecular weight is 402 g/mol. The van der Waals surface area contributed by atoms with E-state index in [1.807, 2.05) is 0 Å². The van der Waals surface area contributed by atoms with Gasteiger partial charge in [0.2, 0.25) is 5.91 Å². The molecule has 0 aromatic heterocycles. The van der Waals surface area contributed by atoms with Crippen LogP contribution in [0.25, 0.3) is 0 Å². The first-order valence-electron chi connectivity index (χ1n) is 10.6. The van der Waals surface area contributed by atoms with Crippen molar-refractivity contribution in [1.82, 2.24) is 15.5 Å². The largest absolute Gasteiger partial charge is 0.352 e. The minimum absolute atomic E-state index is 0.135. The van der Waals surface area contributed by atoms with E-state index in [1.54, 1.807) is 0 Å². The second kappa shape index (κ2) is 10.3. The van der Waals surface area contributed by atoms with Crippen molar-refractivity contribution in [3.8, 4) is 0 Å². The number of amides is 2. The fourth-order valence-electron chi connectivity index (χ4n) is 4.30. The lowest BCUT2D eigenvalue weighted by Crippen LogP contribution is -2.48. The van der Waals surface area contributed by atoms with E-state index < -0.39 is 10.8 Å². The Kier molecular flexibility index (Phi) is 7.57. The third-order valence-corrected chi connectivity index (χ3v) is 5.92. The van der Waals surface area contributed by atoms with Crippen molar-refractivity contribution in [3.63, 3.8) is 0 Å². The summed E-state index contributed by atoms with van der Waals surface area (Å²) in [6, 6.07) is 5.61. The summed E-state index contributed by atoms with van der Waals surface area (Å²) in [5.41, 5.74) is 0.0186. The molecule has 0 bridgehead atoms. The van der Waals surface area contributed by atoms with Gasteiger partial charge in [-0.05, 0) is 37.7 Å². The molecule has 2 aliphatic rings. The molecule has 8 heteroatoms. The molecule has 29 heavy (non-hydrogen) atoms. The van der Waals surface area contributed by atoms with E-state index in [9.17, 15) is 19.7 Å². The fourth-order valence-corrected chi connectivity index (χ4v) is 4.30. The first kappa shape index (κ1) is 21.2. The molecule has 8 nitrogen and oxygen atoms in total. The van der Waals surface area contributed by atoms with Crippen LogP contribution in [0.3, 0.4) is 0 Å². The van der Waals surface area contributed by atoms with Gasteiger partial charge in [0, 0.05) is 43.4 Å². The van der Waals surface area contributed by atoms with Crippen LogP contribution in [0.15, 0.2) is 24.3 Å². The highest BCUT2D eigenvalue weighted by atomic mass is 16.6. The standard InChI is InChI=1S/C21H30N4O4/c26-20(14-22-21(27)17-7-4-8-19(13-17)25(28)29)23-18-9-11-24(12-10-18)15-16-5-2-1-3-6-16/h4,7-8,13,16,18H,1-3,5-6,9-12,14-15H2,(H,22,27)(H,23,26). The summed E-state index contributed by atoms with van der Waals surface area (Å²) in [6.45, 7) is 3.05. The van der Waals surface area contributed by atoms with Gasteiger partial charge in [-0.25, -0.2) is 0 Å². The van der Waals surface area contributed by atoms with Crippen molar-refractivity contribution in [1.29, 1.82) is 0 Å². The lowest BCUT2D eigenvalue weighted by molar-refractivity contribution is -0.384. The molecule has 1 aliphatic carbocycles. The van der Waals surface area contributed by atoms with Crippen LogP contribution in [0, 0.1) is 16.0 Å². The summed E-state index contributed by atoms with van der Waals surface area (Å²) in [5, 5.41) is 16.3. The molecular formula is C21H30N4O4. The number of nitro groups is 1. The van der Waals surface area contributed by atoms with Gasteiger partial charge in [-0.2, -0.15) is 0 Å². The third kappa shape index (κ3) is 6.52. The number of nitro benzene ring substituents is 1. The van der Waals surface area contributed by atoms with E-state index in [2.05, 4.69) is 15.5 Å². The van der Waals surface area contributed by atoms with Crippen molar-refractivity contribution in [2.45, 2.75) is 51.0 Å². The first-order chi connectivity index (χ1) is 14.0. The minimum atomic E-state index is -0.551. The van der Waals surface area contributed by atoms with E-state index in [-0.39, 0.29) is 29.7 Å². The highest BCUT2D eigenvalue weighted by Gasteiger charge is 2.23. The smallest absolute Gasteiger partial charge is 0.270 e. The van der Waals surface area contributed by atoms with Gasteiger partial charge in [0.25, 0.3) is 11.6 Å². The molecule has 0 atom stereocenters. The van der Waals surface area contributed by atoms with Crippen LogP contribution in [-0.4, -0.2) is 53.9 Å². The maximum atomic E-state index is 12.2. The fraction of sp³-hybridized carbons (Fsp3) is 0.619. The van der Waals surface area contributed by atoms with Gasteiger partial charge in [0.05, 0.1) is 11.5 Å². The molecule has 1 heterocycles. The number of rotatable bonds is 7. The Morgan fingerprint density at radius 2 is 1.83 bits per heavy atom. The summed E-state index contributed by atoms with van der Waals surface area (Å²) in [4.78, 5) is 37.1. The highest BCUT2D eigenvalue weighted by molar-refractivity contribution is 5.96. The predicted octanol–water partition coefficient (Wildman–Crippen LogP) is 2.49. The summed E-state index contributed by atoms with van der Waals surface area (Å²) in [6.07, 6.45) is 8.65. The van der Waals surface area contributed by atoms with Gasteiger partial charge in [0.15, 0.2) is 0 Å². The lowest BCUT2D eigenvalue weighted by atomic mass is 9.88. The maximum Gasteiger partial charge on any atom is 0.270 e. The average Bonchev–Trinajstić information content (AvgIpc) is 2.74. The zero-order valence-electron chi connectivity index (χ0n) is 16.8. The number of hydrogen-bond acceptors (Lipinski definition) is 5. The monoisotopic (exact) mass is 402 g/mol. The molecule has 0 spiro atoms. The topological polar surface area (TPSA) is 105 Å². The Balaban J connectivity index is 1.36. The normalized spacial score (nSPS) is 18.9. The summed E-state index contributed by atoms with van der Waals surface area (Å²) < 4.78 is 0. The number of benzene rings is 1. The molecule has 0 radical (unpaired) electrons. The second-order valence-electron chi connectivity index (χ2n) is 8.14. The van der Waals surface area contributed by atoms with Gasteiger partial charge in [0.1, 0.15) is 0 Å². The van der Waals surface area contributed by atoms with Crippen molar-refractivity contribution in [3.05, 3.63) is 39.9 Å². The van der Waals surface area contributed by atoms with Gasteiger partial charge < -0.3 is 15.5 Å². The number of piperidine rings is 1. The molecule has 0 unspecified atom stereocenters. The number of nitrogens with one attached hydrogen (secondary N) is 2. The van der Waals surface area contributed by atoms with Crippen LogP contribution in [0.4, 0.5) is 5.69 Å². The van der Waals surface area contributed by atoms with Gasteiger partial charge >= 0.3 is 0 Å². The molecule has 1 saturated heterocycles. The van der Waals surface area contributed by atoms with Gasteiger partial charge in [-0.1, -0.05) is 25.3 Å².